The molecule has 2 heterocycles. The molecule has 1 aromatic heterocycles. The summed E-state index contributed by atoms with van der Waals surface area (Å²) in [5.41, 5.74) is 2.05. The van der Waals surface area contributed by atoms with Gasteiger partial charge in [-0.3, -0.25) is 4.79 Å². The lowest BCUT2D eigenvalue weighted by Crippen LogP contribution is -2.50. The fourth-order valence-corrected chi connectivity index (χ4v) is 4.06. The monoisotopic (exact) mass is 488 g/mol. The van der Waals surface area contributed by atoms with Crippen molar-refractivity contribution in [3.05, 3.63) is 78.6 Å². The number of nitrogens with zero attached hydrogens (tertiary/aromatic N) is 4. The van der Waals surface area contributed by atoms with Gasteiger partial charge in [0.15, 0.2) is 6.61 Å². The molecule has 0 aliphatic carbocycles. The van der Waals surface area contributed by atoms with Gasteiger partial charge >= 0.3 is 0 Å². The summed E-state index contributed by atoms with van der Waals surface area (Å²) in [5.74, 6) is 1.71. The second kappa shape index (κ2) is 10.5. The Labute approximate surface area is 207 Å². The fourth-order valence-electron chi connectivity index (χ4n) is 4.06. The van der Waals surface area contributed by atoms with Gasteiger partial charge in [-0.2, -0.15) is 4.98 Å². The zero-order chi connectivity index (χ0) is 24.9. The number of carbonyl (C=O) groups is 1. The number of amides is 1. The third kappa shape index (κ3) is 5.14. The Kier molecular flexibility index (Phi) is 6.79. The minimum absolute atomic E-state index is 0.0932. The summed E-state index contributed by atoms with van der Waals surface area (Å²) in [7, 11) is 1.61. The second-order valence-electron chi connectivity index (χ2n) is 8.29. The van der Waals surface area contributed by atoms with Gasteiger partial charge in [-0.25, -0.2) is 4.39 Å². The molecule has 9 heteroatoms. The molecule has 8 nitrogen and oxygen atoms in total. The van der Waals surface area contributed by atoms with Crippen LogP contribution in [0.4, 0.5) is 10.1 Å². The summed E-state index contributed by atoms with van der Waals surface area (Å²) in [6.45, 7) is 2.05. The third-order valence-electron chi connectivity index (χ3n) is 6.04. The Morgan fingerprint density at radius 2 is 1.72 bits per heavy atom. The maximum atomic E-state index is 14.0. The molecule has 0 N–H and O–H groups in total. The maximum absolute atomic E-state index is 14.0. The molecule has 0 atom stereocenters. The first-order valence-corrected chi connectivity index (χ1v) is 11.6. The molecule has 0 spiro atoms. The smallest absolute Gasteiger partial charge is 0.260 e. The van der Waals surface area contributed by atoms with Gasteiger partial charge in [0, 0.05) is 37.3 Å². The van der Waals surface area contributed by atoms with Crippen molar-refractivity contribution in [1.29, 1.82) is 0 Å². The molecule has 0 unspecified atom stereocenters. The molecule has 1 saturated heterocycles. The normalized spacial score (nSPS) is 13.5. The van der Waals surface area contributed by atoms with Crippen molar-refractivity contribution in [2.75, 3.05) is 44.8 Å². The van der Waals surface area contributed by atoms with Crippen LogP contribution in [0.2, 0.25) is 0 Å². The highest BCUT2D eigenvalue weighted by Crippen LogP contribution is 2.26. The first-order valence-electron chi connectivity index (χ1n) is 11.6. The number of para-hydroxylation sites is 1. The average molecular weight is 489 g/mol. The topological polar surface area (TPSA) is 80.9 Å². The molecule has 184 valence electrons. The number of halogens is 1. The van der Waals surface area contributed by atoms with Crippen molar-refractivity contribution >= 4 is 11.6 Å². The number of hydrogen-bond donors (Lipinski definition) is 0. The standard InChI is InChI=1S/C27H25FN4O4/c1-34-21-11-9-19(10-12-21)26-29-27(36-30-26)20-5-4-6-22(17-20)35-18-25(33)32-15-13-31(14-16-32)24-8-3-2-7-23(24)28/h2-12,17H,13-16,18H2,1H3. The number of benzene rings is 3. The third-order valence-corrected chi connectivity index (χ3v) is 6.04. The van der Waals surface area contributed by atoms with Gasteiger partial charge in [0.05, 0.1) is 12.8 Å². The lowest BCUT2D eigenvalue weighted by molar-refractivity contribution is -0.133. The summed E-state index contributed by atoms with van der Waals surface area (Å²) < 4.78 is 30.4. The van der Waals surface area contributed by atoms with E-state index < -0.39 is 0 Å². The maximum Gasteiger partial charge on any atom is 0.260 e. The van der Waals surface area contributed by atoms with E-state index in [1.54, 1.807) is 42.3 Å². The summed E-state index contributed by atoms with van der Waals surface area (Å²) >= 11 is 0. The molecule has 0 bridgehead atoms. The van der Waals surface area contributed by atoms with Crippen molar-refractivity contribution in [1.82, 2.24) is 15.0 Å². The Balaban J connectivity index is 1.17. The van der Waals surface area contributed by atoms with Crippen LogP contribution in [0, 0.1) is 5.82 Å². The lowest BCUT2D eigenvalue weighted by Gasteiger charge is -2.36. The number of carbonyl (C=O) groups excluding carboxylic acids is 1. The highest BCUT2D eigenvalue weighted by Gasteiger charge is 2.23. The molecule has 1 fully saturated rings. The number of aromatic nitrogens is 2. The second-order valence-corrected chi connectivity index (χ2v) is 8.29. The summed E-state index contributed by atoms with van der Waals surface area (Å²) in [5, 5.41) is 4.06. The largest absolute Gasteiger partial charge is 0.497 e. The van der Waals surface area contributed by atoms with Gasteiger partial charge in [0.25, 0.3) is 11.8 Å². The van der Waals surface area contributed by atoms with Crippen molar-refractivity contribution in [3.63, 3.8) is 0 Å². The molecule has 3 aromatic carbocycles. The number of methoxy groups -OCH3 is 1. The molecule has 1 amide bonds. The van der Waals surface area contributed by atoms with E-state index in [2.05, 4.69) is 10.1 Å². The van der Waals surface area contributed by atoms with E-state index in [-0.39, 0.29) is 18.3 Å². The molecular weight excluding hydrogens is 463 g/mol. The van der Waals surface area contributed by atoms with Crippen LogP contribution in [-0.4, -0.2) is 60.8 Å². The molecule has 1 aliphatic rings. The molecule has 0 radical (unpaired) electrons. The van der Waals surface area contributed by atoms with Gasteiger partial charge < -0.3 is 23.8 Å². The quantitative estimate of drug-likeness (QED) is 0.384. The predicted octanol–water partition coefficient (Wildman–Crippen LogP) is 4.28. The van der Waals surface area contributed by atoms with E-state index in [4.69, 9.17) is 14.0 Å². The zero-order valence-electron chi connectivity index (χ0n) is 19.8. The predicted molar refractivity (Wildman–Crippen MR) is 132 cm³/mol. The summed E-state index contributed by atoms with van der Waals surface area (Å²) in [6.07, 6.45) is 0. The van der Waals surface area contributed by atoms with Gasteiger partial charge in [0.1, 0.15) is 17.3 Å². The highest BCUT2D eigenvalue weighted by molar-refractivity contribution is 5.78. The van der Waals surface area contributed by atoms with E-state index in [0.717, 1.165) is 11.3 Å². The van der Waals surface area contributed by atoms with E-state index in [1.807, 2.05) is 41.3 Å². The van der Waals surface area contributed by atoms with Crippen LogP contribution in [0.25, 0.3) is 22.8 Å². The van der Waals surface area contributed by atoms with Gasteiger partial charge in [-0.05, 0) is 54.6 Å². The Morgan fingerprint density at radius 3 is 2.47 bits per heavy atom. The van der Waals surface area contributed by atoms with Gasteiger partial charge in [-0.1, -0.05) is 23.4 Å². The summed E-state index contributed by atoms with van der Waals surface area (Å²) in [4.78, 5) is 20.9. The molecule has 5 rings (SSSR count). The average Bonchev–Trinajstić information content (AvgIpc) is 3.43. The zero-order valence-corrected chi connectivity index (χ0v) is 19.8. The molecule has 4 aromatic rings. The minimum atomic E-state index is -0.252. The van der Waals surface area contributed by atoms with Crippen molar-refractivity contribution < 1.29 is 23.2 Å². The fraction of sp³-hybridized carbons (Fsp3) is 0.222. The number of ether oxygens (including phenoxy) is 2. The van der Waals surface area contributed by atoms with E-state index in [1.165, 1.54) is 6.07 Å². The SMILES string of the molecule is COc1ccc(-c2noc(-c3cccc(OCC(=O)N4CCN(c5ccccc5F)CC4)c3)n2)cc1. The number of anilines is 1. The van der Waals surface area contributed by atoms with E-state index in [9.17, 15) is 9.18 Å². The van der Waals surface area contributed by atoms with Crippen LogP contribution < -0.4 is 14.4 Å². The number of piperazine rings is 1. The van der Waals surface area contributed by atoms with Crippen LogP contribution in [0.3, 0.4) is 0 Å². The number of rotatable bonds is 7. The minimum Gasteiger partial charge on any atom is -0.497 e. The van der Waals surface area contributed by atoms with Crippen molar-refractivity contribution in [2.45, 2.75) is 0 Å². The lowest BCUT2D eigenvalue weighted by atomic mass is 10.2. The van der Waals surface area contributed by atoms with E-state index >= 15 is 0 Å². The van der Waals surface area contributed by atoms with Crippen LogP contribution in [-0.2, 0) is 4.79 Å². The highest BCUT2D eigenvalue weighted by atomic mass is 19.1. The van der Waals surface area contributed by atoms with Crippen molar-refractivity contribution in [3.8, 4) is 34.3 Å². The van der Waals surface area contributed by atoms with Crippen LogP contribution in [0.5, 0.6) is 11.5 Å². The first-order chi connectivity index (χ1) is 17.6. The van der Waals surface area contributed by atoms with Crippen LogP contribution in [0.1, 0.15) is 0 Å². The molecular formula is C27H25FN4O4. The van der Waals surface area contributed by atoms with Crippen molar-refractivity contribution in [2.24, 2.45) is 0 Å². The van der Waals surface area contributed by atoms with E-state index in [0.29, 0.717) is 54.9 Å². The van der Waals surface area contributed by atoms with Gasteiger partial charge in [-0.15, -0.1) is 0 Å². The molecule has 0 saturated carbocycles. The Bertz CT molecular complexity index is 1330. The first kappa shape index (κ1) is 23.3. The van der Waals surface area contributed by atoms with Crippen LogP contribution in [0.15, 0.2) is 77.3 Å². The number of hydrogen-bond acceptors (Lipinski definition) is 7. The Hall–Kier alpha value is -4.40. The summed E-state index contributed by atoms with van der Waals surface area (Å²) in [6, 6.07) is 21.2. The van der Waals surface area contributed by atoms with Gasteiger partial charge in [0.2, 0.25) is 5.82 Å². The Morgan fingerprint density at radius 1 is 0.944 bits per heavy atom. The molecule has 36 heavy (non-hydrogen) atoms. The van der Waals surface area contributed by atoms with Crippen LogP contribution >= 0.6 is 0 Å². The molecule has 1 aliphatic heterocycles.